The summed E-state index contributed by atoms with van der Waals surface area (Å²) in [7, 11) is 0. The Bertz CT molecular complexity index is 205. The van der Waals surface area contributed by atoms with Crippen molar-refractivity contribution in [2.24, 2.45) is 0 Å². The van der Waals surface area contributed by atoms with Gasteiger partial charge in [0, 0.05) is 4.47 Å². The molecular weight excluding hydrogens is 197 g/mol. The highest BCUT2D eigenvalue weighted by Gasteiger charge is 1.97. The van der Waals surface area contributed by atoms with Crippen molar-refractivity contribution < 1.29 is 4.39 Å². The topological polar surface area (TPSA) is 35.0 Å². The summed E-state index contributed by atoms with van der Waals surface area (Å²) in [5.41, 5.74) is 0.664. The molecule has 1 nitrogen and oxygen atoms in total. The van der Waals surface area contributed by atoms with Gasteiger partial charge in [-0.05, 0) is 24.6 Å². The average Bonchev–Trinajstić information content (AvgIpc) is 1.83. The van der Waals surface area contributed by atoms with Gasteiger partial charge in [0.05, 0.1) is 0 Å². The minimum Gasteiger partial charge on any atom is -0.344 e. The lowest BCUT2D eigenvalue weighted by atomic mass is 10.2. The Morgan fingerprint density at radius 1 is 1.40 bits per heavy atom. The van der Waals surface area contributed by atoms with Crippen LogP contribution in [0.4, 0.5) is 4.39 Å². The fraction of sp³-hybridized carbons (Fsp3) is 0.143. The van der Waals surface area contributed by atoms with Gasteiger partial charge < -0.3 is 6.15 Å². The quantitative estimate of drug-likeness (QED) is 0.695. The molecule has 1 aromatic rings. The number of hydrogen-bond acceptors (Lipinski definition) is 1. The lowest BCUT2D eigenvalue weighted by molar-refractivity contribution is 0.617. The van der Waals surface area contributed by atoms with E-state index in [0.717, 1.165) is 4.47 Å². The van der Waals surface area contributed by atoms with Gasteiger partial charge in [0.25, 0.3) is 0 Å². The predicted molar refractivity (Wildman–Crippen MR) is 43.9 cm³/mol. The molecule has 0 saturated carbocycles. The van der Waals surface area contributed by atoms with E-state index >= 15 is 0 Å². The van der Waals surface area contributed by atoms with Crippen LogP contribution in [0.15, 0.2) is 22.7 Å². The lowest BCUT2D eigenvalue weighted by Crippen LogP contribution is -1.80. The molecule has 3 N–H and O–H groups in total. The molecule has 0 atom stereocenters. The van der Waals surface area contributed by atoms with Crippen LogP contribution in [-0.4, -0.2) is 0 Å². The maximum Gasteiger partial charge on any atom is 0.127 e. The van der Waals surface area contributed by atoms with E-state index in [9.17, 15) is 4.39 Å². The first-order chi connectivity index (χ1) is 4.22. The van der Waals surface area contributed by atoms with Crippen LogP contribution in [0.1, 0.15) is 5.56 Å². The Hall–Kier alpha value is -0.410. The molecule has 0 aliphatic carbocycles. The minimum absolute atomic E-state index is 0. The third-order valence-corrected chi connectivity index (χ3v) is 2.06. The van der Waals surface area contributed by atoms with Gasteiger partial charge in [-0.2, -0.15) is 0 Å². The molecule has 0 fully saturated rings. The summed E-state index contributed by atoms with van der Waals surface area (Å²) >= 11 is 3.21. The summed E-state index contributed by atoms with van der Waals surface area (Å²) in [5.74, 6) is -0.163. The maximum absolute atomic E-state index is 12.5. The van der Waals surface area contributed by atoms with E-state index in [1.165, 1.54) is 6.07 Å². The van der Waals surface area contributed by atoms with E-state index in [1.807, 2.05) is 6.07 Å². The van der Waals surface area contributed by atoms with E-state index in [2.05, 4.69) is 15.9 Å². The second-order valence-electron chi connectivity index (χ2n) is 1.85. The highest BCUT2D eigenvalue weighted by Crippen LogP contribution is 2.17. The zero-order valence-corrected chi connectivity index (χ0v) is 7.28. The normalized spacial score (nSPS) is 8.70. The highest BCUT2D eigenvalue weighted by atomic mass is 79.9. The van der Waals surface area contributed by atoms with Crippen molar-refractivity contribution in [3.63, 3.8) is 0 Å². The van der Waals surface area contributed by atoms with Crippen molar-refractivity contribution in [3.05, 3.63) is 34.1 Å². The number of benzene rings is 1. The van der Waals surface area contributed by atoms with Gasteiger partial charge in [-0.1, -0.05) is 22.0 Å². The van der Waals surface area contributed by atoms with Crippen molar-refractivity contribution >= 4 is 15.9 Å². The lowest BCUT2D eigenvalue weighted by Gasteiger charge is -1.95. The summed E-state index contributed by atoms with van der Waals surface area (Å²) < 4.78 is 13.4. The van der Waals surface area contributed by atoms with Crippen LogP contribution >= 0.6 is 15.9 Å². The second kappa shape index (κ2) is 3.68. The molecule has 0 amide bonds. The zero-order chi connectivity index (χ0) is 6.85. The minimum atomic E-state index is -0.163. The number of rotatable bonds is 0. The standard InChI is InChI=1S/C7H6BrF.H3N/c1-5-6(8)3-2-4-7(5)9;/h2-4H,1H3;1H3. The van der Waals surface area contributed by atoms with Crippen LogP contribution < -0.4 is 6.15 Å². The molecule has 0 saturated heterocycles. The maximum atomic E-state index is 12.5. The summed E-state index contributed by atoms with van der Waals surface area (Å²) in [5, 5.41) is 0. The number of halogens is 2. The molecule has 0 radical (unpaired) electrons. The molecule has 0 spiro atoms. The molecule has 0 bridgehead atoms. The first kappa shape index (κ1) is 9.59. The van der Waals surface area contributed by atoms with Crippen molar-refractivity contribution in [3.8, 4) is 0 Å². The monoisotopic (exact) mass is 205 g/mol. The molecule has 1 rings (SSSR count). The molecule has 3 heteroatoms. The summed E-state index contributed by atoms with van der Waals surface area (Å²) in [6.45, 7) is 1.74. The molecular formula is C7H9BrFN. The first-order valence-electron chi connectivity index (χ1n) is 2.62. The zero-order valence-electron chi connectivity index (χ0n) is 5.70. The van der Waals surface area contributed by atoms with Crippen molar-refractivity contribution in [1.29, 1.82) is 0 Å². The van der Waals surface area contributed by atoms with Gasteiger partial charge in [0.15, 0.2) is 0 Å². The molecule has 10 heavy (non-hydrogen) atoms. The highest BCUT2D eigenvalue weighted by molar-refractivity contribution is 9.10. The Balaban J connectivity index is 0.000000810. The van der Waals surface area contributed by atoms with Crippen molar-refractivity contribution in [1.82, 2.24) is 6.15 Å². The van der Waals surface area contributed by atoms with Gasteiger partial charge in [-0.3, -0.25) is 0 Å². The Labute approximate surface area is 68.0 Å². The fourth-order valence-electron chi connectivity index (χ4n) is 0.581. The van der Waals surface area contributed by atoms with E-state index in [0.29, 0.717) is 5.56 Å². The summed E-state index contributed by atoms with van der Waals surface area (Å²) in [4.78, 5) is 0. The van der Waals surface area contributed by atoms with E-state index in [1.54, 1.807) is 13.0 Å². The molecule has 0 aliphatic rings. The predicted octanol–water partition coefficient (Wildman–Crippen LogP) is 3.06. The second-order valence-corrected chi connectivity index (χ2v) is 2.70. The molecule has 1 aromatic carbocycles. The van der Waals surface area contributed by atoms with Gasteiger partial charge in [0.2, 0.25) is 0 Å². The summed E-state index contributed by atoms with van der Waals surface area (Å²) in [6, 6.07) is 4.94. The van der Waals surface area contributed by atoms with E-state index < -0.39 is 0 Å². The van der Waals surface area contributed by atoms with Crippen LogP contribution in [0.5, 0.6) is 0 Å². The SMILES string of the molecule is Cc1c(F)cccc1Br.N. The van der Waals surface area contributed by atoms with E-state index in [4.69, 9.17) is 0 Å². The van der Waals surface area contributed by atoms with Crippen LogP contribution in [0.25, 0.3) is 0 Å². The first-order valence-corrected chi connectivity index (χ1v) is 3.41. The van der Waals surface area contributed by atoms with Gasteiger partial charge in [-0.25, -0.2) is 4.39 Å². The van der Waals surface area contributed by atoms with Gasteiger partial charge >= 0.3 is 0 Å². The van der Waals surface area contributed by atoms with Crippen LogP contribution in [0, 0.1) is 12.7 Å². The van der Waals surface area contributed by atoms with Crippen molar-refractivity contribution in [2.75, 3.05) is 0 Å². The fourth-order valence-corrected chi connectivity index (χ4v) is 0.923. The molecule has 0 aliphatic heterocycles. The average molecular weight is 206 g/mol. The smallest absolute Gasteiger partial charge is 0.127 e. The Morgan fingerprint density at radius 2 is 2.00 bits per heavy atom. The molecule has 56 valence electrons. The van der Waals surface area contributed by atoms with Crippen molar-refractivity contribution in [2.45, 2.75) is 6.92 Å². The van der Waals surface area contributed by atoms with Crippen LogP contribution in [0.2, 0.25) is 0 Å². The molecule has 0 unspecified atom stereocenters. The molecule has 0 heterocycles. The Morgan fingerprint density at radius 3 is 2.40 bits per heavy atom. The van der Waals surface area contributed by atoms with Gasteiger partial charge in [-0.15, -0.1) is 0 Å². The van der Waals surface area contributed by atoms with Gasteiger partial charge in [0.1, 0.15) is 5.82 Å². The van der Waals surface area contributed by atoms with Crippen LogP contribution in [-0.2, 0) is 0 Å². The third kappa shape index (κ3) is 1.78. The third-order valence-electron chi connectivity index (χ3n) is 1.20. The van der Waals surface area contributed by atoms with E-state index in [-0.39, 0.29) is 12.0 Å². The Kier molecular flexibility index (Phi) is 3.53. The largest absolute Gasteiger partial charge is 0.344 e. The van der Waals surface area contributed by atoms with Crippen LogP contribution in [0.3, 0.4) is 0 Å². The number of hydrogen-bond donors (Lipinski definition) is 1. The molecule has 0 aromatic heterocycles. The summed E-state index contributed by atoms with van der Waals surface area (Å²) in [6.07, 6.45) is 0.